The topological polar surface area (TPSA) is 21.3 Å². The molecule has 0 fully saturated rings. The second kappa shape index (κ2) is 7.39. The van der Waals surface area contributed by atoms with Gasteiger partial charge in [0.1, 0.15) is 0 Å². The maximum Gasteiger partial charge on any atom is 0.0701 e. The van der Waals surface area contributed by atoms with Gasteiger partial charge in [-0.25, -0.2) is 0 Å². The number of methoxy groups -OCH3 is 1. The molecule has 1 rings (SSSR count). The van der Waals surface area contributed by atoms with Gasteiger partial charge in [-0.05, 0) is 54.4 Å². The summed E-state index contributed by atoms with van der Waals surface area (Å²) in [6.45, 7) is 4.12. The molecule has 86 valence electrons. The monoisotopic (exact) mass is 291 g/mol. The van der Waals surface area contributed by atoms with Crippen LogP contribution in [0.15, 0.2) is 15.9 Å². The van der Waals surface area contributed by atoms with Crippen molar-refractivity contribution >= 4 is 27.3 Å². The van der Waals surface area contributed by atoms with Crippen molar-refractivity contribution in [2.75, 3.05) is 20.3 Å². The highest BCUT2D eigenvalue weighted by Crippen LogP contribution is 2.26. The molecule has 1 unspecified atom stereocenters. The Morgan fingerprint density at radius 2 is 2.27 bits per heavy atom. The molecule has 1 aromatic heterocycles. The predicted molar refractivity (Wildman–Crippen MR) is 69.5 cm³/mol. The van der Waals surface area contributed by atoms with Crippen molar-refractivity contribution in [1.82, 2.24) is 5.32 Å². The molecule has 1 heterocycles. The van der Waals surface area contributed by atoms with Gasteiger partial charge in [-0.3, -0.25) is 0 Å². The first-order valence-electron chi connectivity index (χ1n) is 5.21. The minimum absolute atomic E-state index is 0.448. The molecule has 0 aliphatic carbocycles. The maximum absolute atomic E-state index is 5.00. The fourth-order valence-electron chi connectivity index (χ4n) is 1.35. The number of hydrogen-bond acceptors (Lipinski definition) is 3. The lowest BCUT2D eigenvalue weighted by Gasteiger charge is -2.11. The molecule has 0 aliphatic heterocycles. The van der Waals surface area contributed by atoms with E-state index in [1.54, 1.807) is 18.4 Å². The zero-order valence-electron chi connectivity index (χ0n) is 9.25. The van der Waals surface area contributed by atoms with Gasteiger partial charge in [0.2, 0.25) is 0 Å². The van der Waals surface area contributed by atoms with Crippen LogP contribution < -0.4 is 5.32 Å². The van der Waals surface area contributed by atoms with Crippen LogP contribution in [0.5, 0.6) is 0 Å². The first-order chi connectivity index (χ1) is 7.24. The van der Waals surface area contributed by atoms with Crippen molar-refractivity contribution < 1.29 is 4.74 Å². The number of thiophene rings is 1. The highest BCUT2D eigenvalue weighted by Gasteiger charge is 2.06. The molecule has 1 N–H and O–H groups in total. The third-order valence-corrected chi connectivity index (χ3v) is 4.05. The molecule has 0 aliphatic rings. The number of hydrogen-bond donors (Lipinski definition) is 1. The summed E-state index contributed by atoms with van der Waals surface area (Å²) in [5.74, 6) is 0. The van der Waals surface area contributed by atoms with Gasteiger partial charge in [0, 0.05) is 24.6 Å². The van der Waals surface area contributed by atoms with Crippen LogP contribution in [0.3, 0.4) is 0 Å². The third kappa shape index (κ3) is 5.11. The molecule has 4 heteroatoms. The summed E-state index contributed by atoms with van der Waals surface area (Å²) >= 11 is 5.27. The van der Waals surface area contributed by atoms with E-state index >= 15 is 0 Å². The van der Waals surface area contributed by atoms with Gasteiger partial charge in [0.05, 0.1) is 3.79 Å². The van der Waals surface area contributed by atoms with Crippen LogP contribution in [0.1, 0.15) is 30.7 Å². The minimum Gasteiger partial charge on any atom is -0.385 e. The molecule has 1 atom stereocenters. The van der Waals surface area contributed by atoms with E-state index in [1.807, 2.05) is 0 Å². The first kappa shape index (κ1) is 13.2. The van der Waals surface area contributed by atoms with Crippen molar-refractivity contribution in [2.24, 2.45) is 0 Å². The van der Waals surface area contributed by atoms with Crippen LogP contribution in [-0.2, 0) is 4.74 Å². The van der Waals surface area contributed by atoms with E-state index in [2.05, 4.69) is 40.3 Å². The van der Waals surface area contributed by atoms with Gasteiger partial charge in [-0.15, -0.1) is 11.3 Å². The van der Waals surface area contributed by atoms with Crippen molar-refractivity contribution in [1.29, 1.82) is 0 Å². The summed E-state index contributed by atoms with van der Waals surface area (Å²) in [6, 6.07) is 4.72. The number of nitrogens with one attached hydrogen (secondary N) is 1. The molecule has 0 saturated heterocycles. The molecule has 0 saturated carbocycles. The highest BCUT2D eigenvalue weighted by atomic mass is 79.9. The molecule has 1 aromatic rings. The maximum atomic E-state index is 5.00. The zero-order valence-corrected chi connectivity index (χ0v) is 11.7. The summed E-state index contributed by atoms with van der Waals surface area (Å²) in [4.78, 5) is 1.38. The zero-order chi connectivity index (χ0) is 11.1. The summed E-state index contributed by atoms with van der Waals surface area (Å²) < 4.78 is 6.20. The summed E-state index contributed by atoms with van der Waals surface area (Å²) in [5.41, 5.74) is 0. The SMILES string of the molecule is COCCCCNC(C)c1ccc(Br)s1. The van der Waals surface area contributed by atoms with Crippen LogP contribution in [-0.4, -0.2) is 20.3 Å². The Hall–Kier alpha value is 0.1000. The van der Waals surface area contributed by atoms with Gasteiger partial charge in [-0.1, -0.05) is 0 Å². The van der Waals surface area contributed by atoms with E-state index in [0.29, 0.717) is 6.04 Å². The average molecular weight is 292 g/mol. The quantitative estimate of drug-likeness (QED) is 0.775. The summed E-state index contributed by atoms with van der Waals surface area (Å²) in [5, 5.41) is 3.51. The van der Waals surface area contributed by atoms with E-state index in [1.165, 1.54) is 15.1 Å². The summed E-state index contributed by atoms with van der Waals surface area (Å²) in [7, 11) is 1.75. The third-order valence-electron chi connectivity index (χ3n) is 2.25. The Balaban J connectivity index is 2.16. The van der Waals surface area contributed by atoms with Crippen LogP contribution in [0.2, 0.25) is 0 Å². The second-order valence-corrected chi connectivity index (χ2v) is 6.01. The van der Waals surface area contributed by atoms with E-state index in [-0.39, 0.29) is 0 Å². The van der Waals surface area contributed by atoms with Gasteiger partial charge < -0.3 is 10.1 Å². The molecule has 0 bridgehead atoms. The summed E-state index contributed by atoms with van der Waals surface area (Å²) in [6.07, 6.45) is 2.30. The largest absolute Gasteiger partial charge is 0.385 e. The number of ether oxygens (including phenoxy) is 1. The lowest BCUT2D eigenvalue weighted by molar-refractivity contribution is 0.192. The molecule has 0 aromatic carbocycles. The molecule has 0 radical (unpaired) electrons. The average Bonchev–Trinajstić information content (AvgIpc) is 2.64. The van der Waals surface area contributed by atoms with E-state index in [9.17, 15) is 0 Å². The molecular weight excluding hydrogens is 274 g/mol. The lowest BCUT2D eigenvalue weighted by atomic mass is 10.2. The van der Waals surface area contributed by atoms with E-state index < -0.39 is 0 Å². The molecule has 0 spiro atoms. The Morgan fingerprint density at radius 1 is 1.47 bits per heavy atom. The van der Waals surface area contributed by atoms with Crippen molar-refractivity contribution in [3.63, 3.8) is 0 Å². The first-order valence-corrected chi connectivity index (χ1v) is 6.82. The van der Waals surface area contributed by atoms with Crippen LogP contribution in [0.4, 0.5) is 0 Å². The van der Waals surface area contributed by atoms with Crippen molar-refractivity contribution in [3.05, 3.63) is 20.8 Å². The fourth-order valence-corrected chi connectivity index (χ4v) is 2.80. The fraction of sp³-hybridized carbons (Fsp3) is 0.636. The Labute approximate surface area is 104 Å². The molecule has 0 amide bonds. The Kier molecular flexibility index (Phi) is 6.48. The molecule has 15 heavy (non-hydrogen) atoms. The van der Waals surface area contributed by atoms with Gasteiger partial charge >= 0.3 is 0 Å². The number of rotatable bonds is 7. The lowest BCUT2D eigenvalue weighted by Crippen LogP contribution is -2.19. The van der Waals surface area contributed by atoms with Crippen molar-refractivity contribution in [2.45, 2.75) is 25.8 Å². The molecular formula is C11H18BrNOS. The number of halogens is 1. The normalized spacial score (nSPS) is 13.0. The standard InChI is InChI=1S/C11H18BrNOS/c1-9(10-5-6-11(12)15-10)13-7-3-4-8-14-2/h5-6,9,13H,3-4,7-8H2,1-2H3. The number of unbranched alkanes of at least 4 members (excludes halogenated alkanes) is 1. The Morgan fingerprint density at radius 3 is 2.87 bits per heavy atom. The van der Waals surface area contributed by atoms with Gasteiger partial charge in [0.15, 0.2) is 0 Å². The van der Waals surface area contributed by atoms with Crippen LogP contribution in [0.25, 0.3) is 0 Å². The highest BCUT2D eigenvalue weighted by molar-refractivity contribution is 9.11. The smallest absolute Gasteiger partial charge is 0.0701 e. The molecule has 2 nitrogen and oxygen atoms in total. The second-order valence-electron chi connectivity index (χ2n) is 3.52. The van der Waals surface area contributed by atoms with E-state index in [0.717, 1.165) is 19.6 Å². The minimum atomic E-state index is 0.448. The van der Waals surface area contributed by atoms with Crippen LogP contribution in [0, 0.1) is 0 Å². The van der Waals surface area contributed by atoms with Crippen LogP contribution >= 0.6 is 27.3 Å². The van der Waals surface area contributed by atoms with Gasteiger partial charge in [0.25, 0.3) is 0 Å². The predicted octanol–water partition coefficient (Wildman–Crippen LogP) is 3.59. The van der Waals surface area contributed by atoms with E-state index in [4.69, 9.17) is 4.74 Å². The Bertz CT molecular complexity index is 277. The van der Waals surface area contributed by atoms with Gasteiger partial charge in [-0.2, -0.15) is 0 Å². The van der Waals surface area contributed by atoms with Crippen molar-refractivity contribution in [3.8, 4) is 0 Å².